The molecule has 32 heavy (non-hydrogen) atoms. The van der Waals surface area contributed by atoms with Crippen LogP contribution in [0.5, 0.6) is 5.75 Å². The smallest absolute Gasteiger partial charge is 0.294 e. The monoisotopic (exact) mass is 456 g/mol. The summed E-state index contributed by atoms with van der Waals surface area (Å²) in [6, 6.07) is 13.1. The molecule has 2 saturated heterocycles. The third-order valence-corrected chi connectivity index (χ3v) is 5.93. The Morgan fingerprint density at radius 2 is 1.75 bits per heavy atom. The van der Waals surface area contributed by atoms with Gasteiger partial charge in [-0.2, -0.15) is 0 Å². The number of carbonyl (C=O) groups excluding carboxylic acids is 3. The first-order valence-corrected chi connectivity index (χ1v) is 10.9. The molecule has 0 atom stereocenters. The molecule has 4 rings (SSSR count). The number of thioether (sulfide) groups is 1. The molecule has 0 radical (unpaired) electrons. The van der Waals surface area contributed by atoms with E-state index in [1.54, 1.807) is 47.4 Å². The topological polar surface area (TPSA) is 76.2 Å². The fourth-order valence-corrected chi connectivity index (χ4v) is 4.08. The van der Waals surface area contributed by atoms with Crippen molar-refractivity contribution in [2.45, 2.75) is 6.61 Å². The van der Waals surface area contributed by atoms with Gasteiger partial charge in [0.15, 0.2) is 0 Å². The second kappa shape index (κ2) is 9.97. The molecule has 0 aliphatic carbocycles. The number of carbonyl (C=O) groups is 3. The van der Waals surface area contributed by atoms with Gasteiger partial charge >= 0.3 is 0 Å². The summed E-state index contributed by atoms with van der Waals surface area (Å²) in [7, 11) is 0. The number of rotatable bonds is 6. The lowest BCUT2D eigenvalue weighted by molar-refractivity contribution is -0.139. The van der Waals surface area contributed by atoms with Gasteiger partial charge in [-0.05, 0) is 53.2 Å². The van der Waals surface area contributed by atoms with Crippen LogP contribution in [-0.2, 0) is 20.9 Å². The number of ether oxygens (including phenoxy) is 2. The summed E-state index contributed by atoms with van der Waals surface area (Å²) in [6.45, 7) is 1.86. The third-order valence-electron chi connectivity index (χ3n) is 5.03. The van der Waals surface area contributed by atoms with Gasteiger partial charge in [0.25, 0.3) is 11.1 Å². The van der Waals surface area contributed by atoms with Crippen molar-refractivity contribution in [2.75, 3.05) is 32.8 Å². The number of nitrogens with zero attached hydrogens (tertiary/aromatic N) is 2. The molecule has 0 spiro atoms. The number of halogens is 1. The average molecular weight is 456 g/mol. The Morgan fingerprint density at radius 3 is 2.44 bits per heavy atom. The number of hydrogen-bond donors (Lipinski definition) is 0. The Labute approximate surface area is 188 Å². The van der Waals surface area contributed by atoms with Crippen molar-refractivity contribution < 1.29 is 28.2 Å². The average Bonchev–Trinajstić information content (AvgIpc) is 3.07. The molecule has 2 aliphatic heterocycles. The minimum Gasteiger partial charge on any atom is -0.489 e. The highest BCUT2D eigenvalue weighted by molar-refractivity contribution is 8.18. The van der Waals surface area contributed by atoms with Crippen LogP contribution in [0.4, 0.5) is 9.18 Å². The molecule has 2 fully saturated rings. The number of amides is 3. The number of benzene rings is 2. The maximum atomic E-state index is 13.0. The molecule has 166 valence electrons. The zero-order valence-electron chi connectivity index (χ0n) is 17.2. The van der Waals surface area contributed by atoms with Crippen molar-refractivity contribution in [1.82, 2.24) is 9.80 Å². The van der Waals surface area contributed by atoms with E-state index in [-0.39, 0.29) is 23.2 Å². The Balaban J connectivity index is 1.35. The van der Waals surface area contributed by atoms with Crippen LogP contribution < -0.4 is 4.74 Å². The van der Waals surface area contributed by atoms with Gasteiger partial charge in [-0.15, -0.1) is 0 Å². The molecule has 0 unspecified atom stereocenters. The van der Waals surface area contributed by atoms with E-state index in [9.17, 15) is 18.8 Å². The molecular formula is C23H21FN2O5S. The normalized spacial score (nSPS) is 17.8. The first-order valence-electron chi connectivity index (χ1n) is 10.1. The Bertz CT molecular complexity index is 1030. The zero-order chi connectivity index (χ0) is 22.5. The van der Waals surface area contributed by atoms with Crippen LogP contribution in [0.15, 0.2) is 53.4 Å². The summed E-state index contributed by atoms with van der Waals surface area (Å²) in [5.41, 5.74) is 1.57. The van der Waals surface area contributed by atoms with E-state index in [1.165, 1.54) is 12.1 Å². The molecule has 2 heterocycles. The van der Waals surface area contributed by atoms with Crippen molar-refractivity contribution in [1.29, 1.82) is 0 Å². The molecule has 0 aromatic heterocycles. The maximum Gasteiger partial charge on any atom is 0.294 e. The molecule has 3 amide bonds. The second-order valence-electron chi connectivity index (χ2n) is 7.25. The van der Waals surface area contributed by atoms with Gasteiger partial charge in [0.1, 0.15) is 24.7 Å². The van der Waals surface area contributed by atoms with Crippen LogP contribution in [0.2, 0.25) is 0 Å². The van der Waals surface area contributed by atoms with E-state index < -0.39 is 11.1 Å². The summed E-state index contributed by atoms with van der Waals surface area (Å²) < 4.78 is 23.9. The largest absolute Gasteiger partial charge is 0.489 e. The van der Waals surface area contributed by atoms with Crippen LogP contribution >= 0.6 is 11.8 Å². The van der Waals surface area contributed by atoms with Gasteiger partial charge in [0.05, 0.1) is 18.1 Å². The second-order valence-corrected chi connectivity index (χ2v) is 8.24. The van der Waals surface area contributed by atoms with Crippen molar-refractivity contribution >= 4 is 34.9 Å². The number of hydrogen-bond acceptors (Lipinski definition) is 6. The van der Waals surface area contributed by atoms with E-state index in [0.29, 0.717) is 38.7 Å². The van der Waals surface area contributed by atoms with E-state index in [2.05, 4.69) is 0 Å². The minimum atomic E-state index is -0.474. The van der Waals surface area contributed by atoms with Crippen molar-refractivity contribution in [3.05, 3.63) is 70.4 Å². The highest BCUT2D eigenvalue weighted by Crippen LogP contribution is 2.32. The molecule has 9 heteroatoms. The SMILES string of the molecule is O=C(CN1C(=O)S/C(=C/c2ccc(OCc3ccc(F)cc3)cc2)C1=O)N1CCOCC1. The predicted octanol–water partition coefficient (Wildman–Crippen LogP) is 3.30. The molecule has 2 aromatic carbocycles. The molecular weight excluding hydrogens is 435 g/mol. The van der Waals surface area contributed by atoms with E-state index >= 15 is 0 Å². The van der Waals surface area contributed by atoms with Gasteiger partial charge in [0, 0.05) is 13.1 Å². The van der Waals surface area contributed by atoms with Crippen molar-refractivity contribution in [2.24, 2.45) is 0 Å². The van der Waals surface area contributed by atoms with E-state index in [4.69, 9.17) is 9.47 Å². The molecule has 0 bridgehead atoms. The summed E-state index contributed by atoms with van der Waals surface area (Å²) in [6.07, 6.45) is 1.62. The quantitative estimate of drug-likeness (QED) is 0.621. The molecule has 0 N–H and O–H groups in total. The summed E-state index contributed by atoms with van der Waals surface area (Å²) in [4.78, 5) is 40.2. The molecule has 7 nitrogen and oxygen atoms in total. The molecule has 2 aliphatic rings. The van der Waals surface area contributed by atoms with Gasteiger partial charge in [-0.1, -0.05) is 24.3 Å². The lowest BCUT2D eigenvalue weighted by Crippen LogP contribution is -2.46. The van der Waals surface area contributed by atoms with Gasteiger partial charge in [-0.25, -0.2) is 4.39 Å². The summed E-state index contributed by atoms with van der Waals surface area (Å²) in [5.74, 6) is -0.415. The maximum absolute atomic E-state index is 13.0. The van der Waals surface area contributed by atoms with Crippen LogP contribution in [0, 0.1) is 5.82 Å². The first kappa shape index (κ1) is 22.0. The highest BCUT2D eigenvalue weighted by atomic mass is 32.2. The highest BCUT2D eigenvalue weighted by Gasteiger charge is 2.37. The number of morpholine rings is 1. The lowest BCUT2D eigenvalue weighted by Gasteiger charge is -2.28. The summed E-state index contributed by atoms with van der Waals surface area (Å²) in [5, 5.41) is -0.456. The Morgan fingerprint density at radius 1 is 1.06 bits per heavy atom. The Kier molecular flexibility index (Phi) is 6.87. The van der Waals surface area contributed by atoms with Crippen LogP contribution in [0.1, 0.15) is 11.1 Å². The van der Waals surface area contributed by atoms with E-state index in [1.807, 2.05) is 0 Å². The third kappa shape index (κ3) is 5.35. The minimum absolute atomic E-state index is 0.264. The zero-order valence-corrected chi connectivity index (χ0v) is 18.0. The van der Waals surface area contributed by atoms with Crippen LogP contribution in [-0.4, -0.2) is 59.7 Å². The molecule has 2 aromatic rings. The van der Waals surface area contributed by atoms with Crippen LogP contribution in [0.3, 0.4) is 0 Å². The van der Waals surface area contributed by atoms with Crippen LogP contribution in [0.25, 0.3) is 6.08 Å². The fourth-order valence-electron chi connectivity index (χ4n) is 3.24. The van der Waals surface area contributed by atoms with E-state index in [0.717, 1.165) is 27.8 Å². The first-order chi connectivity index (χ1) is 15.5. The molecule has 0 saturated carbocycles. The standard InChI is InChI=1S/C23H21FN2O5S/c24-18-5-1-17(2-6-18)15-31-19-7-3-16(4-8-19)13-20-22(28)26(23(29)32-20)14-21(27)25-9-11-30-12-10-25/h1-8,13H,9-12,14-15H2/b20-13+. The van der Waals surface area contributed by atoms with Gasteiger partial charge in [-0.3, -0.25) is 19.3 Å². The Hall–Kier alpha value is -3.17. The van der Waals surface area contributed by atoms with Crippen molar-refractivity contribution in [3.63, 3.8) is 0 Å². The fraction of sp³-hybridized carbons (Fsp3) is 0.261. The van der Waals surface area contributed by atoms with Gasteiger partial charge in [0.2, 0.25) is 5.91 Å². The van der Waals surface area contributed by atoms with Crippen molar-refractivity contribution in [3.8, 4) is 5.75 Å². The lowest BCUT2D eigenvalue weighted by atomic mass is 10.2. The predicted molar refractivity (Wildman–Crippen MR) is 117 cm³/mol. The summed E-state index contributed by atoms with van der Waals surface area (Å²) >= 11 is 0.819. The van der Waals surface area contributed by atoms with Gasteiger partial charge < -0.3 is 14.4 Å². The number of imide groups is 1.